The molecule has 1 fully saturated rings. The summed E-state index contributed by atoms with van der Waals surface area (Å²) in [5.41, 5.74) is 0. The maximum absolute atomic E-state index is 11.6. The summed E-state index contributed by atoms with van der Waals surface area (Å²) in [6.45, 7) is 5.06. The van der Waals surface area contributed by atoms with E-state index in [9.17, 15) is 8.42 Å². The maximum atomic E-state index is 11.6. The molecule has 1 aromatic rings. The van der Waals surface area contributed by atoms with Gasteiger partial charge in [-0.2, -0.15) is 0 Å². The Bertz CT molecular complexity index is 697. The van der Waals surface area contributed by atoms with Crippen molar-refractivity contribution in [3.05, 3.63) is 24.3 Å². The van der Waals surface area contributed by atoms with E-state index in [-0.39, 0.29) is 47.6 Å². The molecule has 148 valence electrons. The molecule has 2 N–H and O–H groups in total. The van der Waals surface area contributed by atoms with E-state index in [0.29, 0.717) is 25.5 Å². The van der Waals surface area contributed by atoms with Crippen LogP contribution in [-0.2, 0) is 9.84 Å². The van der Waals surface area contributed by atoms with Gasteiger partial charge in [0.15, 0.2) is 15.8 Å². The average molecular weight is 497 g/mol. The molecule has 1 saturated heterocycles. The molecule has 0 amide bonds. The van der Waals surface area contributed by atoms with Gasteiger partial charge in [-0.15, -0.1) is 24.0 Å². The molecule has 9 heteroatoms. The quantitative estimate of drug-likeness (QED) is 0.340. The van der Waals surface area contributed by atoms with Crippen LogP contribution in [0.4, 0.5) is 0 Å². The Hall–Kier alpha value is -1.23. The highest BCUT2D eigenvalue weighted by molar-refractivity contribution is 14.0. The summed E-state index contributed by atoms with van der Waals surface area (Å²) in [5.74, 6) is 2.48. The minimum absolute atomic E-state index is 0. The van der Waals surface area contributed by atoms with Gasteiger partial charge in [-0.1, -0.05) is 6.07 Å². The number of halogens is 1. The molecule has 1 aliphatic rings. The fraction of sp³-hybridized carbons (Fsp3) is 0.588. The third-order valence-electron chi connectivity index (χ3n) is 3.80. The lowest BCUT2D eigenvalue weighted by Gasteiger charge is -2.18. The van der Waals surface area contributed by atoms with Crippen LogP contribution in [0.1, 0.15) is 20.3 Å². The number of hydrogen-bond acceptors (Lipinski definition) is 5. The SMILES string of the molecule is CCNC(=NCC(C)Oc1cccc(OC)c1)NC1CCS(=O)(=O)C1.I. The Labute approximate surface area is 172 Å². The Kier molecular flexibility index (Phi) is 9.48. The van der Waals surface area contributed by atoms with E-state index < -0.39 is 9.84 Å². The van der Waals surface area contributed by atoms with Gasteiger partial charge in [-0.3, -0.25) is 0 Å². The van der Waals surface area contributed by atoms with Crippen molar-refractivity contribution in [3.8, 4) is 11.5 Å². The molecule has 0 aromatic heterocycles. The summed E-state index contributed by atoms with van der Waals surface area (Å²) in [5, 5.41) is 6.34. The van der Waals surface area contributed by atoms with Crippen molar-refractivity contribution in [3.63, 3.8) is 0 Å². The molecule has 1 heterocycles. The van der Waals surface area contributed by atoms with Crippen molar-refractivity contribution < 1.29 is 17.9 Å². The van der Waals surface area contributed by atoms with Crippen molar-refractivity contribution >= 4 is 39.8 Å². The summed E-state index contributed by atoms with van der Waals surface area (Å²) in [6, 6.07) is 7.34. The highest BCUT2D eigenvalue weighted by Crippen LogP contribution is 2.20. The van der Waals surface area contributed by atoms with Gasteiger partial charge in [0, 0.05) is 18.7 Å². The Morgan fingerprint density at radius 2 is 2.12 bits per heavy atom. The summed E-state index contributed by atoms with van der Waals surface area (Å²) in [4.78, 5) is 4.51. The smallest absolute Gasteiger partial charge is 0.191 e. The first kappa shape index (κ1) is 22.8. The minimum atomic E-state index is -2.92. The van der Waals surface area contributed by atoms with Crippen molar-refractivity contribution in [1.29, 1.82) is 0 Å². The number of nitrogens with zero attached hydrogens (tertiary/aromatic N) is 1. The van der Waals surface area contributed by atoms with E-state index in [1.54, 1.807) is 7.11 Å². The predicted octanol–water partition coefficient (Wildman–Crippen LogP) is 1.82. The standard InChI is InChI=1S/C17H27N3O4S.HI/c1-4-18-17(20-14-8-9-25(21,22)12-14)19-11-13(2)24-16-7-5-6-15(10-16)23-3;/h5-7,10,13-14H,4,8-9,11-12H2,1-3H3,(H2,18,19,20);1H. The van der Waals surface area contributed by atoms with Crippen LogP contribution in [0.25, 0.3) is 0 Å². The average Bonchev–Trinajstić information content (AvgIpc) is 2.91. The van der Waals surface area contributed by atoms with Crippen LogP contribution in [0.15, 0.2) is 29.3 Å². The van der Waals surface area contributed by atoms with Crippen LogP contribution in [0.3, 0.4) is 0 Å². The zero-order valence-electron chi connectivity index (χ0n) is 15.4. The summed E-state index contributed by atoms with van der Waals surface area (Å²) >= 11 is 0. The molecule has 2 unspecified atom stereocenters. The lowest BCUT2D eigenvalue weighted by molar-refractivity contribution is 0.229. The van der Waals surface area contributed by atoms with Gasteiger partial charge >= 0.3 is 0 Å². The first-order valence-electron chi connectivity index (χ1n) is 8.48. The predicted molar refractivity (Wildman–Crippen MR) is 115 cm³/mol. The number of methoxy groups -OCH3 is 1. The molecule has 2 atom stereocenters. The number of hydrogen-bond donors (Lipinski definition) is 2. The molecule has 7 nitrogen and oxygen atoms in total. The Morgan fingerprint density at radius 3 is 2.73 bits per heavy atom. The molecular formula is C17H28IN3O4S. The maximum Gasteiger partial charge on any atom is 0.191 e. The second kappa shape index (κ2) is 10.8. The normalized spacial score (nSPS) is 20.0. The highest BCUT2D eigenvalue weighted by atomic mass is 127. The van der Waals surface area contributed by atoms with Gasteiger partial charge in [0.05, 0.1) is 25.2 Å². The van der Waals surface area contributed by atoms with Gasteiger partial charge < -0.3 is 20.1 Å². The Morgan fingerprint density at radius 1 is 1.38 bits per heavy atom. The van der Waals surface area contributed by atoms with Gasteiger partial charge in [0.2, 0.25) is 0 Å². The summed E-state index contributed by atoms with van der Waals surface area (Å²) in [7, 11) is -1.30. The topological polar surface area (TPSA) is 89.0 Å². The molecule has 0 spiro atoms. The fourth-order valence-electron chi connectivity index (χ4n) is 2.59. The van der Waals surface area contributed by atoms with Gasteiger partial charge in [0.25, 0.3) is 0 Å². The number of sulfone groups is 1. The largest absolute Gasteiger partial charge is 0.497 e. The van der Waals surface area contributed by atoms with Crippen LogP contribution in [0, 0.1) is 0 Å². The molecule has 0 aliphatic carbocycles. The molecule has 2 rings (SSSR count). The van der Waals surface area contributed by atoms with Crippen molar-refractivity contribution in [2.75, 3.05) is 31.7 Å². The van der Waals surface area contributed by atoms with E-state index in [0.717, 1.165) is 11.5 Å². The van der Waals surface area contributed by atoms with Crippen molar-refractivity contribution in [2.45, 2.75) is 32.4 Å². The van der Waals surface area contributed by atoms with E-state index in [1.807, 2.05) is 38.1 Å². The van der Waals surface area contributed by atoms with E-state index in [2.05, 4.69) is 15.6 Å². The van der Waals surface area contributed by atoms with Gasteiger partial charge in [0.1, 0.15) is 17.6 Å². The molecule has 26 heavy (non-hydrogen) atoms. The minimum Gasteiger partial charge on any atom is -0.497 e. The number of guanidine groups is 1. The van der Waals surface area contributed by atoms with E-state index in [1.165, 1.54) is 0 Å². The second-order valence-corrected chi connectivity index (χ2v) is 8.30. The Balaban J connectivity index is 0.00000338. The first-order valence-corrected chi connectivity index (χ1v) is 10.3. The van der Waals surface area contributed by atoms with E-state index >= 15 is 0 Å². The van der Waals surface area contributed by atoms with Crippen LogP contribution >= 0.6 is 24.0 Å². The van der Waals surface area contributed by atoms with Crippen LogP contribution < -0.4 is 20.1 Å². The number of rotatable bonds is 7. The lowest BCUT2D eigenvalue weighted by atomic mass is 10.3. The zero-order valence-corrected chi connectivity index (χ0v) is 18.5. The van der Waals surface area contributed by atoms with Crippen LogP contribution in [0.5, 0.6) is 11.5 Å². The number of nitrogens with one attached hydrogen (secondary N) is 2. The second-order valence-electron chi connectivity index (χ2n) is 6.07. The van der Waals surface area contributed by atoms with Crippen LogP contribution in [-0.4, -0.2) is 58.2 Å². The summed E-state index contributed by atoms with van der Waals surface area (Å²) in [6.07, 6.45) is 0.484. The molecule has 0 saturated carbocycles. The first-order chi connectivity index (χ1) is 11.9. The lowest BCUT2D eigenvalue weighted by Crippen LogP contribution is -2.44. The number of aliphatic imine (C=N–C) groups is 1. The zero-order chi connectivity index (χ0) is 18.3. The monoisotopic (exact) mass is 497 g/mol. The molecule has 0 radical (unpaired) electrons. The van der Waals surface area contributed by atoms with Gasteiger partial charge in [-0.05, 0) is 32.4 Å². The van der Waals surface area contributed by atoms with Crippen LogP contribution in [0.2, 0.25) is 0 Å². The fourth-order valence-corrected chi connectivity index (χ4v) is 4.26. The number of ether oxygens (including phenoxy) is 2. The van der Waals surface area contributed by atoms with E-state index in [4.69, 9.17) is 9.47 Å². The highest BCUT2D eigenvalue weighted by Gasteiger charge is 2.28. The van der Waals surface area contributed by atoms with Crippen molar-refractivity contribution in [2.24, 2.45) is 4.99 Å². The van der Waals surface area contributed by atoms with Crippen molar-refractivity contribution in [1.82, 2.24) is 10.6 Å². The number of benzene rings is 1. The molecular weight excluding hydrogens is 469 g/mol. The molecule has 1 aliphatic heterocycles. The molecule has 1 aromatic carbocycles. The molecule has 0 bridgehead atoms. The summed E-state index contributed by atoms with van der Waals surface area (Å²) < 4.78 is 34.2. The third kappa shape index (κ3) is 7.56. The van der Waals surface area contributed by atoms with Gasteiger partial charge in [-0.25, -0.2) is 13.4 Å². The third-order valence-corrected chi connectivity index (χ3v) is 5.57.